The first-order valence-corrected chi connectivity index (χ1v) is 6.46. The van der Waals surface area contributed by atoms with Crippen LogP contribution in [0.15, 0.2) is 35.1 Å². The summed E-state index contributed by atoms with van der Waals surface area (Å²) >= 11 is 0. The summed E-state index contributed by atoms with van der Waals surface area (Å²) in [6.45, 7) is 3.83. The number of amides is 1. The molecule has 6 heteroatoms. The van der Waals surface area contributed by atoms with Gasteiger partial charge in [0.05, 0.1) is 24.1 Å². The minimum atomic E-state index is -0.521. The molecule has 0 bridgehead atoms. The number of rotatable bonds is 4. The quantitative estimate of drug-likeness (QED) is 0.875. The highest BCUT2D eigenvalue weighted by atomic mass is 16.5. The summed E-state index contributed by atoms with van der Waals surface area (Å²) < 4.78 is 9.83. The number of anilines is 1. The van der Waals surface area contributed by atoms with E-state index in [4.69, 9.17) is 4.42 Å². The van der Waals surface area contributed by atoms with Crippen molar-refractivity contribution in [1.82, 2.24) is 4.98 Å². The maximum absolute atomic E-state index is 12.3. The van der Waals surface area contributed by atoms with Gasteiger partial charge in [0.2, 0.25) is 5.76 Å². The van der Waals surface area contributed by atoms with E-state index in [2.05, 4.69) is 15.0 Å². The molecule has 1 N–H and O–H groups in total. The van der Waals surface area contributed by atoms with Crippen molar-refractivity contribution in [3.63, 3.8) is 0 Å². The monoisotopic (exact) mass is 288 g/mol. The van der Waals surface area contributed by atoms with Crippen LogP contribution >= 0.6 is 0 Å². The lowest BCUT2D eigenvalue weighted by Gasteiger charge is -2.09. The summed E-state index contributed by atoms with van der Waals surface area (Å²) in [5.41, 5.74) is 1.21. The Hall–Kier alpha value is -2.63. The maximum atomic E-state index is 12.3. The van der Waals surface area contributed by atoms with Gasteiger partial charge in [-0.1, -0.05) is 26.0 Å². The highest BCUT2D eigenvalue weighted by molar-refractivity contribution is 6.07. The van der Waals surface area contributed by atoms with E-state index >= 15 is 0 Å². The lowest BCUT2D eigenvalue weighted by Crippen LogP contribution is -2.16. The molecule has 0 radical (unpaired) electrons. The predicted octanol–water partition coefficient (Wildman–Crippen LogP) is 2.84. The van der Waals surface area contributed by atoms with E-state index < -0.39 is 11.9 Å². The van der Waals surface area contributed by atoms with E-state index in [1.807, 2.05) is 13.8 Å². The van der Waals surface area contributed by atoms with Crippen molar-refractivity contribution in [2.75, 3.05) is 12.4 Å². The minimum Gasteiger partial charge on any atom is -0.465 e. The van der Waals surface area contributed by atoms with Gasteiger partial charge >= 0.3 is 5.97 Å². The molecule has 0 aliphatic heterocycles. The molecule has 0 fully saturated rings. The molecule has 0 saturated carbocycles. The standard InChI is InChI=1S/C15H16N2O4/c1-9(2)12-13(21-8-16-12)14(18)17-11-7-5-4-6-10(11)15(19)20-3/h4-9H,1-3H3,(H,17,18). The second-order valence-electron chi connectivity index (χ2n) is 4.71. The number of aromatic nitrogens is 1. The van der Waals surface area contributed by atoms with Gasteiger partial charge in [0.1, 0.15) is 0 Å². The van der Waals surface area contributed by atoms with E-state index in [1.54, 1.807) is 24.3 Å². The van der Waals surface area contributed by atoms with Crippen LogP contribution in [0.5, 0.6) is 0 Å². The van der Waals surface area contributed by atoms with Crippen LogP contribution in [-0.2, 0) is 4.74 Å². The zero-order chi connectivity index (χ0) is 15.4. The van der Waals surface area contributed by atoms with Crippen LogP contribution in [-0.4, -0.2) is 24.0 Å². The third kappa shape index (κ3) is 3.10. The fraction of sp³-hybridized carbons (Fsp3) is 0.267. The summed E-state index contributed by atoms with van der Waals surface area (Å²) in [6.07, 6.45) is 1.23. The predicted molar refractivity (Wildman–Crippen MR) is 76.3 cm³/mol. The number of carbonyl (C=O) groups excluding carboxylic acids is 2. The number of ether oxygens (including phenoxy) is 1. The average Bonchev–Trinajstić information content (AvgIpc) is 2.96. The van der Waals surface area contributed by atoms with Gasteiger partial charge in [-0.05, 0) is 18.1 Å². The summed E-state index contributed by atoms with van der Waals surface area (Å²) in [4.78, 5) is 28.0. The van der Waals surface area contributed by atoms with Gasteiger partial charge in [-0.25, -0.2) is 9.78 Å². The lowest BCUT2D eigenvalue weighted by atomic mass is 10.1. The van der Waals surface area contributed by atoms with Crippen molar-refractivity contribution in [1.29, 1.82) is 0 Å². The molecule has 0 unspecified atom stereocenters. The lowest BCUT2D eigenvalue weighted by molar-refractivity contribution is 0.0602. The number of para-hydroxylation sites is 1. The van der Waals surface area contributed by atoms with Crippen LogP contribution in [0, 0.1) is 0 Å². The molecule has 0 atom stereocenters. The zero-order valence-electron chi connectivity index (χ0n) is 12.0. The second kappa shape index (κ2) is 6.21. The molecule has 110 valence electrons. The molecule has 0 aliphatic rings. The van der Waals surface area contributed by atoms with E-state index in [1.165, 1.54) is 13.5 Å². The Bertz CT molecular complexity index is 661. The van der Waals surface area contributed by atoms with Crippen molar-refractivity contribution in [3.05, 3.63) is 47.7 Å². The van der Waals surface area contributed by atoms with Crippen molar-refractivity contribution in [2.24, 2.45) is 0 Å². The van der Waals surface area contributed by atoms with Gasteiger partial charge in [-0.15, -0.1) is 0 Å². The van der Waals surface area contributed by atoms with Gasteiger partial charge in [-0.3, -0.25) is 4.79 Å². The molecule has 0 saturated heterocycles. The van der Waals surface area contributed by atoms with Gasteiger partial charge in [0.25, 0.3) is 5.91 Å². The van der Waals surface area contributed by atoms with Crippen LogP contribution in [0.25, 0.3) is 0 Å². The number of benzene rings is 1. The molecule has 0 spiro atoms. The van der Waals surface area contributed by atoms with Gasteiger partial charge in [0, 0.05) is 0 Å². The Morgan fingerprint density at radius 3 is 2.67 bits per heavy atom. The second-order valence-corrected chi connectivity index (χ2v) is 4.71. The third-order valence-electron chi connectivity index (χ3n) is 2.93. The molecule has 2 aromatic rings. The highest BCUT2D eigenvalue weighted by Gasteiger charge is 2.21. The van der Waals surface area contributed by atoms with E-state index in [-0.39, 0.29) is 17.2 Å². The molecule has 1 amide bonds. The number of carbonyl (C=O) groups is 2. The largest absolute Gasteiger partial charge is 0.465 e. The highest BCUT2D eigenvalue weighted by Crippen LogP contribution is 2.21. The molecule has 21 heavy (non-hydrogen) atoms. The topological polar surface area (TPSA) is 81.4 Å². The minimum absolute atomic E-state index is 0.0559. The van der Waals surface area contributed by atoms with Crippen molar-refractivity contribution in [2.45, 2.75) is 19.8 Å². The van der Waals surface area contributed by atoms with Crippen LogP contribution in [0.1, 0.15) is 46.4 Å². The Morgan fingerprint density at radius 1 is 1.29 bits per heavy atom. The SMILES string of the molecule is COC(=O)c1ccccc1NC(=O)c1ocnc1C(C)C. The number of hydrogen-bond acceptors (Lipinski definition) is 5. The summed E-state index contributed by atoms with van der Waals surface area (Å²) in [7, 11) is 1.29. The first kappa shape index (κ1) is 14.8. The third-order valence-corrected chi connectivity index (χ3v) is 2.93. The maximum Gasteiger partial charge on any atom is 0.339 e. The molecular formula is C15H16N2O4. The van der Waals surface area contributed by atoms with Crippen molar-refractivity contribution in [3.8, 4) is 0 Å². The number of hydrogen-bond donors (Lipinski definition) is 1. The number of oxazole rings is 1. The Kier molecular flexibility index (Phi) is 4.37. The van der Waals surface area contributed by atoms with Crippen LogP contribution in [0.4, 0.5) is 5.69 Å². The van der Waals surface area contributed by atoms with E-state index in [9.17, 15) is 9.59 Å². The van der Waals surface area contributed by atoms with Gasteiger partial charge < -0.3 is 14.5 Å². The smallest absolute Gasteiger partial charge is 0.339 e. The van der Waals surface area contributed by atoms with Gasteiger partial charge in [0.15, 0.2) is 6.39 Å². The zero-order valence-corrected chi connectivity index (χ0v) is 12.0. The van der Waals surface area contributed by atoms with E-state index in [0.717, 1.165) is 0 Å². The summed E-state index contributed by atoms with van der Waals surface area (Å²) in [5.74, 6) is -0.773. The number of methoxy groups -OCH3 is 1. The van der Waals surface area contributed by atoms with Crippen molar-refractivity contribution < 1.29 is 18.7 Å². The van der Waals surface area contributed by atoms with Crippen LogP contribution in [0.2, 0.25) is 0 Å². The van der Waals surface area contributed by atoms with Crippen LogP contribution < -0.4 is 5.32 Å². The number of nitrogens with one attached hydrogen (secondary N) is 1. The first-order valence-electron chi connectivity index (χ1n) is 6.46. The summed E-state index contributed by atoms with van der Waals surface area (Å²) in [5, 5.41) is 2.65. The molecular weight excluding hydrogens is 272 g/mol. The molecule has 1 heterocycles. The fourth-order valence-electron chi connectivity index (χ4n) is 1.90. The van der Waals surface area contributed by atoms with Crippen LogP contribution in [0.3, 0.4) is 0 Å². The Morgan fingerprint density at radius 2 is 2.00 bits per heavy atom. The molecule has 6 nitrogen and oxygen atoms in total. The average molecular weight is 288 g/mol. The number of esters is 1. The Labute approximate surface area is 122 Å². The van der Waals surface area contributed by atoms with Crippen molar-refractivity contribution >= 4 is 17.6 Å². The number of nitrogens with zero attached hydrogens (tertiary/aromatic N) is 1. The fourth-order valence-corrected chi connectivity index (χ4v) is 1.90. The van der Waals surface area contributed by atoms with E-state index in [0.29, 0.717) is 11.4 Å². The summed E-state index contributed by atoms with van der Waals surface area (Å²) in [6, 6.07) is 6.60. The molecule has 0 aliphatic carbocycles. The molecule has 1 aromatic carbocycles. The first-order chi connectivity index (χ1) is 10.0. The Balaban J connectivity index is 2.28. The van der Waals surface area contributed by atoms with Gasteiger partial charge in [-0.2, -0.15) is 0 Å². The normalized spacial score (nSPS) is 10.5. The molecule has 1 aromatic heterocycles. The molecule has 2 rings (SSSR count).